The Kier molecular flexibility index (Phi) is 6.21. The van der Waals surface area contributed by atoms with Gasteiger partial charge in [-0.05, 0) is 80.6 Å². The Labute approximate surface area is 181 Å². The Morgan fingerprint density at radius 2 is 1.81 bits per heavy atom. The smallest absolute Gasteiger partial charge is 0.226 e. The molecule has 1 saturated carbocycles. The van der Waals surface area contributed by atoms with Gasteiger partial charge in [-0.15, -0.1) is 0 Å². The zero-order chi connectivity index (χ0) is 21.8. The average Bonchev–Trinajstić information content (AvgIpc) is 3.56. The van der Waals surface area contributed by atoms with E-state index >= 15 is 0 Å². The van der Waals surface area contributed by atoms with Crippen LogP contribution in [0.3, 0.4) is 0 Å². The highest BCUT2D eigenvalue weighted by Crippen LogP contribution is 2.32. The maximum Gasteiger partial charge on any atom is 0.226 e. The lowest BCUT2D eigenvalue weighted by atomic mass is 10.1. The zero-order valence-corrected chi connectivity index (χ0v) is 17.7. The highest BCUT2D eigenvalue weighted by molar-refractivity contribution is 5.76. The number of rotatable bonds is 9. The molecule has 0 aliphatic heterocycles. The summed E-state index contributed by atoms with van der Waals surface area (Å²) in [5.74, 6) is 2.08. The van der Waals surface area contributed by atoms with Crippen molar-refractivity contribution >= 4 is 5.91 Å². The summed E-state index contributed by atoms with van der Waals surface area (Å²) in [4.78, 5) is 12.3. The molecule has 0 saturated heterocycles. The molecule has 3 aromatic rings. The number of hydrogen-bond acceptors (Lipinski definition) is 4. The van der Waals surface area contributed by atoms with Crippen molar-refractivity contribution in [2.75, 3.05) is 13.7 Å². The van der Waals surface area contributed by atoms with Crippen LogP contribution < -0.4 is 14.8 Å². The summed E-state index contributed by atoms with van der Waals surface area (Å²) < 4.78 is 26.4. The van der Waals surface area contributed by atoms with Gasteiger partial charge >= 0.3 is 0 Å². The minimum absolute atomic E-state index is 0.0243. The van der Waals surface area contributed by atoms with E-state index in [1.165, 1.54) is 25.0 Å². The molecule has 1 aromatic heterocycles. The van der Waals surface area contributed by atoms with E-state index in [0.29, 0.717) is 30.4 Å². The van der Waals surface area contributed by atoms with E-state index in [4.69, 9.17) is 9.47 Å². The van der Waals surface area contributed by atoms with Crippen LogP contribution in [0.15, 0.2) is 48.5 Å². The summed E-state index contributed by atoms with van der Waals surface area (Å²) >= 11 is 0. The van der Waals surface area contributed by atoms with Crippen LogP contribution >= 0.6 is 0 Å². The molecule has 1 amide bonds. The predicted molar refractivity (Wildman–Crippen MR) is 115 cm³/mol. The van der Waals surface area contributed by atoms with Gasteiger partial charge in [-0.1, -0.05) is 0 Å². The number of methoxy groups -OCH3 is 1. The number of ether oxygens (including phenoxy) is 2. The average molecular weight is 423 g/mol. The summed E-state index contributed by atoms with van der Waals surface area (Å²) in [5.41, 5.74) is 2.43. The maximum absolute atomic E-state index is 13.3. The first-order valence-corrected chi connectivity index (χ1v) is 10.5. The molecule has 6 nitrogen and oxygen atoms in total. The van der Waals surface area contributed by atoms with E-state index in [0.717, 1.165) is 29.2 Å². The topological polar surface area (TPSA) is 65.4 Å². The van der Waals surface area contributed by atoms with Gasteiger partial charge in [-0.2, -0.15) is 5.10 Å². The Balaban J connectivity index is 1.60. The van der Waals surface area contributed by atoms with E-state index < -0.39 is 0 Å². The lowest BCUT2D eigenvalue weighted by molar-refractivity contribution is -0.121. The first-order valence-electron chi connectivity index (χ1n) is 10.5. The third kappa shape index (κ3) is 5.23. The molecule has 1 aliphatic rings. The van der Waals surface area contributed by atoms with Gasteiger partial charge in [0.05, 0.1) is 18.5 Å². The molecule has 2 aromatic carbocycles. The van der Waals surface area contributed by atoms with Crippen LogP contribution in [0.5, 0.6) is 17.4 Å². The monoisotopic (exact) mass is 423 g/mol. The SMILES string of the molecule is COc1ccc(-n2nc(C)c(CCC(=O)NCC3CC3)c2Oc2ccc(F)cc2)cc1. The fourth-order valence-electron chi connectivity index (χ4n) is 3.35. The minimum Gasteiger partial charge on any atom is -0.497 e. The van der Waals surface area contributed by atoms with Crippen LogP contribution in [0, 0.1) is 18.7 Å². The van der Waals surface area contributed by atoms with Gasteiger partial charge in [0, 0.05) is 18.5 Å². The normalized spacial score (nSPS) is 13.1. The van der Waals surface area contributed by atoms with E-state index in [-0.39, 0.29) is 11.7 Å². The number of carbonyl (C=O) groups is 1. The fourth-order valence-corrected chi connectivity index (χ4v) is 3.35. The predicted octanol–water partition coefficient (Wildman–Crippen LogP) is 4.58. The Hall–Kier alpha value is -3.35. The zero-order valence-electron chi connectivity index (χ0n) is 17.7. The lowest BCUT2D eigenvalue weighted by Crippen LogP contribution is -2.25. The molecule has 7 heteroatoms. The van der Waals surface area contributed by atoms with Crippen molar-refractivity contribution in [3.8, 4) is 23.1 Å². The summed E-state index contributed by atoms with van der Waals surface area (Å²) in [6.45, 7) is 2.65. The first-order chi connectivity index (χ1) is 15.0. The van der Waals surface area contributed by atoms with E-state index in [9.17, 15) is 9.18 Å². The summed E-state index contributed by atoms with van der Waals surface area (Å²) in [6, 6.07) is 13.3. The second kappa shape index (κ2) is 9.20. The van der Waals surface area contributed by atoms with Gasteiger partial charge < -0.3 is 14.8 Å². The van der Waals surface area contributed by atoms with Crippen molar-refractivity contribution < 1.29 is 18.7 Å². The highest BCUT2D eigenvalue weighted by Gasteiger charge is 2.23. The number of nitrogens with one attached hydrogen (secondary N) is 1. The fraction of sp³-hybridized carbons (Fsp3) is 0.333. The second-order valence-electron chi connectivity index (χ2n) is 7.78. The van der Waals surface area contributed by atoms with Crippen molar-refractivity contribution in [3.05, 3.63) is 65.6 Å². The van der Waals surface area contributed by atoms with Crippen molar-refractivity contribution in [2.45, 2.75) is 32.6 Å². The van der Waals surface area contributed by atoms with Crippen molar-refractivity contribution in [1.29, 1.82) is 0 Å². The molecule has 162 valence electrons. The molecule has 1 N–H and O–H groups in total. The largest absolute Gasteiger partial charge is 0.497 e. The summed E-state index contributed by atoms with van der Waals surface area (Å²) in [7, 11) is 1.61. The molecule has 0 atom stereocenters. The van der Waals surface area contributed by atoms with Gasteiger partial charge in [0.2, 0.25) is 11.8 Å². The van der Waals surface area contributed by atoms with E-state index in [1.807, 2.05) is 31.2 Å². The van der Waals surface area contributed by atoms with Crippen LogP contribution in [-0.4, -0.2) is 29.3 Å². The van der Waals surface area contributed by atoms with Crippen molar-refractivity contribution in [3.63, 3.8) is 0 Å². The van der Waals surface area contributed by atoms with E-state index in [2.05, 4.69) is 10.4 Å². The van der Waals surface area contributed by atoms with Gasteiger partial charge in [-0.25, -0.2) is 9.07 Å². The molecule has 1 heterocycles. The highest BCUT2D eigenvalue weighted by atomic mass is 19.1. The molecular formula is C24H26FN3O3. The standard InChI is InChI=1S/C24H26FN3O3/c1-16-22(13-14-23(29)26-15-17-3-4-17)24(31-21-9-5-18(25)6-10-21)28(27-16)19-7-11-20(30-2)12-8-19/h5-12,17H,3-4,13-15H2,1-2H3,(H,26,29). The van der Waals surface area contributed by atoms with Crippen LogP contribution in [0.2, 0.25) is 0 Å². The van der Waals surface area contributed by atoms with Crippen molar-refractivity contribution in [1.82, 2.24) is 15.1 Å². The number of aromatic nitrogens is 2. The lowest BCUT2D eigenvalue weighted by Gasteiger charge is -2.12. The molecular weight excluding hydrogens is 397 g/mol. The molecule has 4 rings (SSSR count). The molecule has 1 aliphatic carbocycles. The Morgan fingerprint density at radius 1 is 1.13 bits per heavy atom. The Bertz CT molecular complexity index is 1040. The van der Waals surface area contributed by atoms with Crippen LogP contribution in [0.4, 0.5) is 4.39 Å². The number of nitrogens with zero attached hydrogens (tertiary/aromatic N) is 2. The first kappa shape index (κ1) is 20.9. The molecule has 31 heavy (non-hydrogen) atoms. The van der Waals surface area contributed by atoms with Gasteiger partial charge in [0.15, 0.2) is 0 Å². The molecule has 1 fully saturated rings. The summed E-state index contributed by atoms with van der Waals surface area (Å²) in [6.07, 6.45) is 3.24. The number of halogens is 1. The van der Waals surface area contributed by atoms with Gasteiger partial charge in [-0.3, -0.25) is 4.79 Å². The number of hydrogen-bond donors (Lipinski definition) is 1. The number of aryl methyl sites for hydroxylation is 1. The number of benzene rings is 2. The number of amides is 1. The van der Waals surface area contributed by atoms with Gasteiger partial charge in [0.25, 0.3) is 0 Å². The molecule has 0 radical (unpaired) electrons. The minimum atomic E-state index is -0.334. The van der Waals surface area contributed by atoms with Crippen LogP contribution in [0.1, 0.15) is 30.5 Å². The second-order valence-corrected chi connectivity index (χ2v) is 7.78. The van der Waals surface area contributed by atoms with Crippen molar-refractivity contribution in [2.24, 2.45) is 5.92 Å². The quantitative estimate of drug-likeness (QED) is 0.547. The van der Waals surface area contributed by atoms with E-state index in [1.54, 1.807) is 23.9 Å². The molecule has 0 spiro atoms. The third-order valence-electron chi connectivity index (χ3n) is 5.37. The third-order valence-corrected chi connectivity index (χ3v) is 5.37. The maximum atomic E-state index is 13.3. The van der Waals surface area contributed by atoms with Crippen LogP contribution in [0.25, 0.3) is 5.69 Å². The molecule has 0 bridgehead atoms. The molecule has 0 unspecified atom stereocenters. The Morgan fingerprint density at radius 3 is 2.45 bits per heavy atom. The summed E-state index contributed by atoms with van der Waals surface area (Å²) in [5, 5.41) is 7.66. The number of carbonyl (C=O) groups excluding carboxylic acids is 1. The van der Waals surface area contributed by atoms with Gasteiger partial charge in [0.1, 0.15) is 17.3 Å². The van der Waals surface area contributed by atoms with Crippen LogP contribution in [-0.2, 0) is 11.2 Å².